The van der Waals surface area contributed by atoms with Crippen LogP contribution in [0, 0.1) is 0 Å². The smallest absolute Gasteiger partial charge is 0.212 e. The van der Waals surface area contributed by atoms with Gasteiger partial charge in [-0.25, -0.2) is 0 Å². The van der Waals surface area contributed by atoms with Crippen LogP contribution in [0.4, 0.5) is 0 Å². The summed E-state index contributed by atoms with van der Waals surface area (Å²) in [6, 6.07) is 5.39. The lowest BCUT2D eigenvalue weighted by Gasteiger charge is -2.04. The largest absolute Gasteiger partial charge is 0.397 e. The monoisotopic (exact) mass is 341 g/mol. The number of nitrogens with one attached hydrogen (secondary N) is 1. The Bertz CT molecular complexity index is 801. The second kappa shape index (κ2) is 10.6. The van der Waals surface area contributed by atoms with Gasteiger partial charge in [0.05, 0.1) is 5.39 Å². The summed E-state index contributed by atoms with van der Waals surface area (Å²) >= 11 is 0. The van der Waals surface area contributed by atoms with Crippen LogP contribution in [0.5, 0.6) is 0 Å². The van der Waals surface area contributed by atoms with Crippen LogP contribution in [0.25, 0.3) is 16.5 Å². The van der Waals surface area contributed by atoms with Crippen LogP contribution in [-0.4, -0.2) is 24.5 Å². The minimum atomic E-state index is 0.303. The minimum absolute atomic E-state index is 0.303. The number of fused-ring (bicyclic) bond motifs is 1. The molecule has 132 valence electrons. The molecule has 1 aromatic heterocycles. The van der Waals surface area contributed by atoms with Gasteiger partial charge in [0.15, 0.2) is 11.6 Å². The van der Waals surface area contributed by atoms with Gasteiger partial charge in [-0.1, -0.05) is 55.0 Å². The van der Waals surface area contributed by atoms with E-state index in [0.29, 0.717) is 29.1 Å². The van der Waals surface area contributed by atoms with Crippen LogP contribution in [0.1, 0.15) is 32.1 Å². The van der Waals surface area contributed by atoms with Crippen molar-refractivity contribution >= 4 is 28.7 Å². The highest BCUT2D eigenvalue weighted by Crippen LogP contribution is 2.27. The number of hydrogen-bond acceptors (Lipinski definition) is 5. The van der Waals surface area contributed by atoms with Gasteiger partial charge in [-0.05, 0) is 25.1 Å². The van der Waals surface area contributed by atoms with E-state index in [1.807, 2.05) is 45.1 Å². The molecule has 0 bridgehead atoms. The van der Waals surface area contributed by atoms with Crippen molar-refractivity contribution in [2.75, 3.05) is 7.11 Å². The van der Waals surface area contributed by atoms with E-state index < -0.39 is 0 Å². The molecular weight excluding hydrogens is 318 g/mol. The normalized spacial score (nSPS) is 11.8. The molecule has 1 N–H and O–H groups in total. The van der Waals surface area contributed by atoms with E-state index in [1.165, 1.54) is 7.11 Å². The molecule has 0 aliphatic heterocycles. The molecule has 6 nitrogen and oxygen atoms in total. The molecule has 0 aliphatic carbocycles. The third-order valence-electron chi connectivity index (χ3n) is 3.03. The van der Waals surface area contributed by atoms with E-state index in [4.69, 9.17) is 9.36 Å². The first-order valence-electron chi connectivity index (χ1n) is 7.92. The molecule has 25 heavy (non-hydrogen) atoms. The summed E-state index contributed by atoms with van der Waals surface area (Å²) in [4.78, 5) is 15.5. The van der Waals surface area contributed by atoms with Crippen molar-refractivity contribution in [2.24, 2.45) is 5.16 Å². The number of carbonyl (C=O) groups excluding carboxylic acids is 1. The Morgan fingerprint density at radius 3 is 2.76 bits per heavy atom. The first kappa shape index (κ1) is 19.9. The van der Waals surface area contributed by atoms with Crippen molar-refractivity contribution in [3.05, 3.63) is 60.4 Å². The zero-order valence-electron chi connectivity index (χ0n) is 14.9. The Kier molecular flexibility index (Phi) is 8.43. The van der Waals surface area contributed by atoms with Gasteiger partial charge in [0.1, 0.15) is 12.6 Å². The molecule has 0 aliphatic rings. The molecular formula is C19H23N3O3. The summed E-state index contributed by atoms with van der Waals surface area (Å²) in [5.41, 5.74) is 2.22. The Morgan fingerprint density at radius 2 is 2.16 bits per heavy atom. The summed E-state index contributed by atoms with van der Waals surface area (Å²) in [5.74, 6) is 0.916. The summed E-state index contributed by atoms with van der Waals surface area (Å²) in [6.45, 7) is 9.63. The molecule has 1 amide bonds. The minimum Gasteiger partial charge on any atom is -0.397 e. The number of carbonyl (C=O) groups is 1. The predicted octanol–water partition coefficient (Wildman–Crippen LogP) is 4.05. The van der Waals surface area contributed by atoms with Crippen molar-refractivity contribution in [1.29, 1.82) is 0 Å². The maximum absolute atomic E-state index is 10.7. The van der Waals surface area contributed by atoms with Crippen molar-refractivity contribution in [1.82, 2.24) is 10.5 Å². The number of amidine groups is 1. The number of rotatable bonds is 6. The Morgan fingerprint density at radius 1 is 1.40 bits per heavy atom. The van der Waals surface area contributed by atoms with Crippen LogP contribution in [0.2, 0.25) is 0 Å². The number of allylic oxidation sites excluding steroid dienone is 5. The molecule has 2 aromatic rings. The molecule has 0 saturated carbocycles. The van der Waals surface area contributed by atoms with Crippen LogP contribution >= 0.6 is 0 Å². The number of benzene rings is 1. The third-order valence-corrected chi connectivity index (χ3v) is 3.03. The lowest BCUT2D eigenvalue weighted by Crippen LogP contribution is -2.22. The van der Waals surface area contributed by atoms with E-state index in [1.54, 1.807) is 18.2 Å². The van der Waals surface area contributed by atoms with Crippen LogP contribution < -0.4 is 5.32 Å². The summed E-state index contributed by atoms with van der Waals surface area (Å²) in [6.07, 6.45) is 7.86. The SMILES string of the molecule is C=C/C=C(\C=C/C)c1onc2ccc(/C(=N/OC)NC=O)cc12.CC. The second-order valence-electron chi connectivity index (χ2n) is 4.49. The highest BCUT2D eigenvalue weighted by Gasteiger charge is 2.13. The highest BCUT2D eigenvalue weighted by atomic mass is 16.6. The molecule has 2 rings (SSSR count). The van der Waals surface area contributed by atoms with E-state index in [0.717, 1.165) is 11.0 Å². The number of hydrogen-bond donors (Lipinski definition) is 1. The quantitative estimate of drug-likeness (QED) is 0.283. The molecule has 0 spiro atoms. The fourth-order valence-electron chi connectivity index (χ4n) is 2.12. The van der Waals surface area contributed by atoms with Crippen molar-refractivity contribution in [3.63, 3.8) is 0 Å². The summed E-state index contributed by atoms with van der Waals surface area (Å²) < 4.78 is 5.46. The average Bonchev–Trinajstić information content (AvgIpc) is 3.06. The fraction of sp³-hybridized carbons (Fsp3) is 0.211. The van der Waals surface area contributed by atoms with Gasteiger partial charge in [-0.15, -0.1) is 0 Å². The second-order valence-corrected chi connectivity index (χ2v) is 4.49. The highest BCUT2D eigenvalue weighted by molar-refractivity contribution is 6.06. The first-order valence-corrected chi connectivity index (χ1v) is 7.92. The average molecular weight is 341 g/mol. The van der Waals surface area contributed by atoms with Crippen LogP contribution in [0.15, 0.2) is 58.8 Å². The van der Waals surface area contributed by atoms with Gasteiger partial charge in [0, 0.05) is 11.1 Å². The summed E-state index contributed by atoms with van der Waals surface area (Å²) in [7, 11) is 1.41. The molecule has 0 unspecified atom stereocenters. The molecule has 0 radical (unpaired) electrons. The lowest BCUT2D eigenvalue weighted by molar-refractivity contribution is -0.108. The first-order chi connectivity index (χ1) is 12.2. The van der Waals surface area contributed by atoms with E-state index in [-0.39, 0.29) is 0 Å². The van der Waals surface area contributed by atoms with Gasteiger partial charge in [-0.3, -0.25) is 4.79 Å². The molecule has 0 saturated heterocycles. The topological polar surface area (TPSA) is 76.7 Å². The molecule has 1 heterocycles. The van der Waals surface area contributed by atoms with Gasteiger partial charge < -0.3 is 14.7 Å². The van der Waals surface area contributed by atoms with Gasteiger partial charge >= 0.3 is 0 Å². The number of aromatic nitrogens is 1. The lowest BCUT2D eigenvalue weighted by atomic mass is 10.1. The number of amides is 1. The molecule has 0 fully saturated rings. The number of oxime groups is 1. The standard InChI is InChI=1S/C17H17N3O3.C2H6/c1-4-6-12(7-5-2)16-14-10-13(8-9-15(14)19-23-16)17(18-11-21)20-22-3;1-2/h4-11H,1H2,2-3H3,(H,18,20,21);1-2H3/b7-5-,12-6+;. The van der Waals surface area contributed by atoms with E-state index in [2.05, 4.69) is 22.2 Å². The maximum Gasteiger partial charge on any atom is 0.212 e. The van der Waals surface area contributed by atoms with Crippen LogP contribution in [-0.2, 0) is 9.63 Å². The zero-order chi connectivity index (χ0) is 18.7. The van der Waals surface area contributed by atoms with Gasteiger partial charge in [0.25, 0.3) is 0 Å². The molecule has 6 heteroatoms. The Balaban J connectivity index is 0.00000151. The van der Waals surface area contributed by atoms with Crippen molar-refractivity contribution in [2.45, 2.75) is 20.8 Å². The summed E-state index contributed by atoms with van der Waals surface area (Å²) in [5, 5.41) is 11.2. The fourth-order valence-corrected chi connectivity index (χ4v) is 2.12. The Labute approximate surface area is 147 Å². The zero-order valence-corrected chi connectivity index (χ0v) is 14.9. The van der Waals surface area contributed by atoms with Crippen LogP contribution in [0.3, 0.4) is 0 Å². The van der Waals surface area contributed by atoms with Crippen molar-refractivity contribution < 1.29 is 14.2 Å². The van der Waals surface area contributed by atoms with E-state index in [9.17, 15) is 4.79 Å². The van der Waals surface area contributed by atoms with E-state index >= 15 is 0 Å². The molecule has 0 atom stereocenters. The van der Waals surface area contributed by atoms with Gasteiger partial charge in [-0.2, -0.15) is 0 Å². The molecule has 1 aromatic carbocycles. The van der Waals surface area contributed by atoms with Crippen molar-refractivity contribution in [3.8, 4) is 0 Å². The maximum atomic E-state index is 10.7. The number of nitrogens with zero attached hydrogens (tertiary/aromatic N) is 2. The Hall–Kier alpha value is -3.15. The van der Waals surface area contributed by atoms with Gasteiger partial charge in [0.2, 0.25) is 6.41 Å². The third kappa shape index (κ3) is 4.91. The predicted molar refractivity (Wildman–Crippen MR) is 101 cm³/mol.